The van der Waals surface area contributed by atoms with Gasteiger partial charge in [-0.25, -0.2) is 4.79 Å². The summed E-state index contributed by atoms with van der Waals surface area (Å²) >= 11 is 0. The SMILES string of the molecule is CCOC1CC(N(C)C(=O)NCCCc2cn[nH]c2C)C12CCCC2. The van der Waals surface area contributed by atoms with Gasteiger partial charge in [0.2, 0.25) is 0 Å². The number of aromatic amines is 1. The molecule has 25 heavy (non-hydrogen) atoms. The number of urea groups is 1. The minimum Gasteiger partial charge on any atom is -0.378 e. The van der Waals surface area contributed by atoms with E-state index in [1.807, 2.05) is 25.1 Å². The average Bonchev–Trinajstić information content (AvgIpc) is 3.25. The quantitative estimate of drug-likeness (QED) is 0.744. The maximum Gasteiger partial charge on any atom is 0.317 e. The molecule has 1 aromatic heterocycles. The van der Waals surface area contributed by atoms with E-state index in [9.17, 15) is 4.79 Å². The Labute approximate surface area is 150 Å². The van der Waals surface area contributed by atoms with Gasteiger partial charge in [-0.3, -0.25) is 5.10 Å². The molecule has 2 amide bonds. The Morgan fingerprint density at radius 1 is 1.48 bits per heavy atom. The molecule has 2 unspecified atom stereocenters. The highest BCUT2D eigenvalue weighted by atomic mass is 16.5. The molecule has 2 aliphatic rings. The van der Waals surface area contributed by atoms with Crippen molar-refractivity contribution in [2.24, 2.45) is 5.41 Å². The van der Waals surface area contributed by atoms with E-state index < -0.39 is 0 Å². The topological polar surface area (TPSA) is 70.2 Å². The molecule has 2 saturated carbocycles. The van der Waals surface area contributed by atoms with Crippen molar-refractivity contribution in [2.75, 3.05) is 20.2 Å². The highest BCUT2D eigenvalue weighted by Gasteiger charge is 2.58. The van der Waals surface area contributed by atoms with Gasteiger partial charge >= 0.3 is 6.03 Å². The number of H-pyrrole nitrogens is 1. The van der Waals surface area contributed by atoms with Crippen molar-refractivity contribution in [3.8, 4) is 0 Å². The van der Waals surface area contributed by atoms with Crippen LogP contribution >= 0.6 is 0 Å². The number of hydrogen-bond donors (Lipinski definition) is 2. The lowest BCUT2D eigenvalue weighted by Crippen LogP contribution is -2.65. The van der Waals surface area contributed by atoms with Crippen LogP contribution in [0.25, 0.3) is 0 Å². The zero-order valence-electron chi connectivity index (χ0n) is 15.8. The molecular weight excluding hydrogens is 316 g/mol. The smallest absolute Gasteiger partial charge is 0.317 e. The first-order valence-electron chi connectivity index (χ1n) is 9.69. The lowest BCUT2D eigenvalue weighted by Gasteiger charge is -2.56. The minimum absolute atomic E-state index is 0.0511. The van der Waals surface area contributed by atoms with Crippen molar-refractivity contribution < 1.29 is 9.53 Å². The van der Waals surface area contributed by atoms with E-state index in [0.29, 0.717) is 18.7 Å². The Bertz CT molecular complexity index is 580. The van der Waals surface area contributed by atoms with Crippen LogP contribution in [0, 0.1) is 12.3 Å². The highest BCUT2D eigenvalue weighted by Crippen LogP contribution is 2.56. The molecule has 3 rings (SSSR count). The Morgan fingerprint density at radius 3 is 2.88 bits per heavy atom. The Morgan fingerprint density at radius 2 is 2.24 bits per heavy atom. The van der Waals surface area contributed by atoms with Crippen LogP contribution < -0.4 is 5.32 Å². The van der Waals surface area contributed by atoms with Crippen molar-refractivity contribution in [2.45, 2.75) is 70.9 Å². The number of hydrogen-bond acceptors (Lipinski definition) is 3. The molecule has 6 heteroatoms. The van der Waals surface area contributed by atoms with Gasteiger partial charge in [-0.05, 0) is 51.5 Å². The second kappa shape index (κ2) is 7.77. The molecule has 2 atom stereocenters. The second-order valence-corrected chi connectivity index (χ2v) is 7.60. The number of carbonyl (C=O) groups is 1. The van der Waals surface area contributed by atoms with Crippen LogP contribution in [0.2, 0.25) is 0 Å². The van der Waals surface area contributed by atoms with E-state index >= 15 is 0 Å². The summed E-state index contributed by atoms with van der Waals surface area (Å²) in [6.07, 6.45) is 9.97. The van der Waals surface area contributed by atoms with Gasteiger partial charge in [0.1, 0.15) is 0 Å². The lowest BCUT2D eigenvalue weighted by molar-refractivity contribution is -0.151. The highest BCUT2D eigenvalue weighted by molar-refractivity contribution is 5.74. The molecule has 0 aromatic carbocycles. The van der Waals surface area contributed by atoms with Crippen LogP contribution in [0.5, 0.6) is 0 Å². The van der Waals surface area contributed by atoms with Gasteiger partial charge in [0.25, 0.3) is 0 Å². The Hall–Kier alpha value is -1.56. The summed E-state index contributed by atoms with van der Waals surface area (Å²) in [5.74, 6) is 0. The first-order chi connectivity index (χ1) is 12.1. The predicted octanol–water partition coefficient (Wildman–Crippen LogP) is 3.03. The number of amides is 2. The number of carbonyl (C=O) groups excluding carboxylic acids is 1. The first kappa shape index (κ1) is 18.2. The monoisotopic (exact) mass is 348 g/mol. The number of rotatable bonds is 7. The van der Waals surface area contributed by atoms with Crippen molar-refractivity contribution in [1.82, 2.24) is 20.4 Å². The zero-order chi connectivity index (χ0) is 17.9. The molecule has 0 saturated heterocycles. The van der Waals surface area contributed by atoms with E-state index in [1.165, 1.54) is 31.2 Å². The van der Waals surface area contributed by atoms with Crippen LogP contribution in [0.3, 0.4) is 0 Å². The van der Waals surface area contributed by atoms with E-state index in [4.69, 9.17) is 4.74 Å². The number of nitrogens with one attached hydrogen (secondary N) is 2. The van der Waals surface area contributed by atoms with E-state index in [0.717, 1.165) is 31.6 Å². The molecule has 1 heterocycles. The fourth-order valence-electron chi connectivity index (χ4n) is 4.76. The summed E-state index contributed by atoms with van der Waals surface area (Å²) in [4.78, 5) is 14.5. The van der Waals surface area contributed by atoms with E-state index in [1.54, 1.807) is 0 Å². The Kier molecular flexibility index (Phi) is 5.67. The van der Waals surface area contributed by atoms with Crippen molar-refractivity contribution in [3.05, 3.63) is 17.5 Å². The average molecular weight is 348 g/mol. The van der Waals surface area contributed by atoms with Crippen molar-refractivity contribution in [1.29, 1.82) is 0 Å². The van der Waals surface area contributed by atoms with E-state index in [2.05, 4.69) is 22.4 Å². The van der Waals surface area contributed by atoms with Gasteiger partial charge in [-0.2, -0.15) is 5.10 Å². The third kappa shape index (κ3) is 3.54. The van der Waals surface area contributed by atoms with Gasteiger partial charge < -0.3 is 15.0 Å². The van der Waals surface area contributed by atoms with Gasteiger partial charge in [0.15, 0.2) is 0 Å². The van der Waals surface area contributed by atoms with Gasteiger partial charge in [-0.15, -0.1) is 0 Å². The molecule has 0 aliphatic heterocycles. The number of aryl methyl sites for hydroxylation is 2. The van der Waals surface area contributed by atoms with Crippen molar-refractivity contribution in [3.63, 3.8) is 0 Å². The van der Waals surface area contributed by atoms with Crippen LogP contribution in [-0.2, 0) is 11.2 Å². The van der Waals surface area contributed by atoms with Gasteiger partial charge in [0, 0.05) is 37.4 Å². The fourth-order valence-corrected chi connectivity index (χ4v) is 4.76. The lowest BCUT2D eigenvalue weighted by atomic mass is 9.60. The molecule has 2 aliphatic carbocycles. The molecule has 140 valence electrons. The standard InChI is InChI=1S/C19H32N4O2/c1-4-25-17-12-16(19(17)9-5-6-10-19)23(3)18(24)20-11-7-8-15-13-21-22-14(15)2/h13,16-17H,4-12H2,1-3H3,(H,20,24)(H,21,22). The fraction of sp³-hybridized carbons (Fsp3) is 0.789. The molecule has 0 bridgehead atoms. The van der Waals surface area contributed by atoms with Crippen molar-refractivity contribution >= 4 is 6.03 Å². The summed E-state index contributed by atoms with van der Waals surface area (Å²) < 4.78 is 5.96. The molecule has 2 fully saturated rings. The second-order valence-electron chi connectivity index (χ2n) is 7.60. The summed E-state index contributed by atoms with van der Waals surface area (Å²) in [6.45, 7) is 5.56. The van der Waals surface area contributed by atoms with Gasteiger partial charge in [-0.1, -0.05) is 12.8 Å². The largest absolute Gasteiger partial charge is 0.378 e. The first-order valence-corrected chi connectivity index (χ1v) is 9.69. The summed E-state index contributed by atoms with van der Waals surface area (Å²) in [5.41, 5.74) is 2.55. The number of nitrogens with zero attached hydrogens (tertiary/aromatic N) is 2. The molecule has 0 radical (unpaired) electrons. The number of ether oxygens (including phenoxy) is 1. The molecule has 6 nitrogen and oxygen atoms in total. The zero-order valence-corrected chi connectivity index (χ0v) is 15.8. The third-order valence-corrected chi connectivity index (χ3v) is 6.27. The normalized spacial score (nSPS) is 24.3. The minimum atomic E-state index is 0.0511. The van der Waals surface area contributed by atoms with Crippen LogP contribution in [0.15, 0.2) is 6.20 Å². The third-order valence-electron chi connectivity index (χ3n) is 6.27. The maximum atomic E-state index is 12.6. The number of aromatic nitrogens is 2. The molecule has 2 N–H and O–H groups in total. The Balaban J connectivity index is 1.46. The van der Waals surface area contributed by atoms with Gasteiger partial charge in [0.05, 0.1) is 12.3 Å². The molecule has 1 spiro atoms. The summed E-state index contributed by atoms with van der Waals surface area (Å²) in [6, 6.07) is 0.373. The van der Waals surface area contributed by atoms with E-state index in [-0.39, 0.29) is 11.4 Å². The summed E-state index contributed by atoms with van der Waals surface area (Å²) in [5, 5.41) is 10.1. The van der Waals surface area contributed by atoms with Crippen LogP contribution in [0.4, 0.5) is 4.79 Å². The molecule has 1 aromatic rings. The summed E-state index contributed by atoms with van der Waals surface area (Å²) in [7, 11) is 1.95. The predicted molar refractivity (Wildman–Crippen MR) is 97.5 cm³/mol. The van der Waals surface area contributed by atoms with Crippen LogP contribution in [0.1, 0.15) is 56.7 Å². The van der Waals surface area contributed by atoms with Crippen LogP contribution in [-0.4, -0.2) is 53.5 Å². The maximum absolute atomic E-state index is 12.6. The molecular formula is C19H32N4O2.